The van der Waals surface area contributed by atoms with Gasteiger partial charge in [-0.2, -0.15) is 0 Å². The van der Waals surface area contributed by atoms with E-state index in [1.54, 1.807) is 24.3 Å². The average molecular weight is 383 g/mol. The number of methoxy groups -OCH3 is 1. The molecule has 25 heavy (non-hydrogen) atoms. The molecule has 8 heteroatoms. The number of hydrogen-bond donors (Lipinski definition) is 2. The van der Waals surface area contributed by atoms with Gasteiger partial charge < -0.3 is 15.4 Å². The molecule has 2 amide bonds. The standard InChI is InChI=1S/C17H16ClFN2O3S/c1-24-15-7-6-11(18)8-14(15)21-17(23)10-25-9-16(22)20-13-5-3-2-4-12(13)19/h2-8H,9-10H2,1H3,(H,20,22)(H,21,23). The Morgan fingerprint density at radius 3 is 2.36 bits per heavy atom. The van der Waals surface area contributed by atoms with E-state index < -0.39 is 5.82 Å². The number of hydrogen-bond acceptors (Lipinski definition) is 4. The van der Waals surface area contributed by atoms with Crippen LogP contribution >= 0.6 is 23.4 Å². The van der Waals surface area contributed by atoms with E-state index >= 15 is 0 Å². The van der Waals surface area contributed by atoms with E-state index in [0.717, 1.165) is 11.8 Å². The number of nitrogens with one attached hydrogen (secondary N) is 2. The van der Waals surface area contributed by atoms with Gasteiger partial charge in [0.25, 0.3) is 0 Å². The average Bonchev–Trinajstić information content (AvgIpc) is 2.57. The first kappa shape index (κ1) is 19.1. The Bertz CT molecular complexity index is 773. The zero-order valence-corrected chi connectivity index (χ0v) is 14.9. The Hall–Kier alpha value is -2.25. The smallest absolute Gasteiger partial charge is 0.234 e. The van der Waals surface area contributed by atoms with E-state index in [2.05, 4.69) is 10.6 Å². The normalized spacial score (nSPS) is 10.2. The molecule has 0 aromatic heterocycles. The number of para-hydroxylation sites is 1. The van der Waals surface area contributed by atoms with E-state index in [4.69, 9.17) is 16.3 Å². The van der Waals surface area contributed by atoms with Gasteiger partial charge in [0.15, 0.2) is 0 Å². The molecule has 2 N–H and O–H groups in total. The topological polar surface area (TPSA) is 67.4 Å². The molecular weight excluding hydrogens is 367 g/mol. The summed E-state index contributed by atoms with van der Waals surface area (Å²) in [5.74, 6) is -0.631. The van der Waals surface area contributed by atoms with Crippen molar-refractivity contribution < 1.29 is 18.7 Å². The molecule has 0 heterocycles. The minimum absolute atomic E-state index is 0.0223. The van der Waals surface area contributed by atoms with E-state index in [9.17, 15) is 14.0 Å². The molecule has 5 nitrogen and oxygen atoms in total. The molecule has 0 aliphatic rings. The fraction of sp³-hybridized carbons (Fsp3) is 0.176. The van der Waals surface area contributed by atoms with Crippen molar-refractivity contribution in [2.45, 2.75) is 0 Å². The van der Waals surface area contributed by atoms with Gasteiger partial charge in [-0.25, -0.2) is 4.39 Å². The van der Waals surface area contributed by atoms with Crippen LogP contribution in [0.5, 0.6) is 5.75 Å². The number of halogens is 2. The van der Waals surface area contributed by atoms with Crippen LogP contribution in [0.4, 0.5) is 15.8 Å². The Morgan fingerprint density at radius 2 is 1.72 bits per heavy atom. The van der Waals surface area contributed by atoms with Gasteiger partial charge in [0.2, 0.25) is 11.8 Å². The zero-order chi connectivity index (χ0) is 18.2. The van der Waals surface area contributed by atoms with Gasteiger partial charge >= 0.3 is 0 Å². The van der Waals surface area contributed by atoms with Crippen molar-refractivity contribution in [3.8, 4) is 5.75 Å². The molecule has 2 aromatic carbocycles. The Labute approximate surface area is 153 Å². The summed E-state index contributed by atoms with van der Waals surface area (Å²) >= 11 is 7.01. The number of thioether (sulfide) groups is 1. The van der Waals surface area contributed by atoms with Crippen molar-refractivity contribution in [1.29, 1.82) is 0 Å². The molecule has 0 saturated heterocycles. The zero-order valence-electron chi connectivity index (χ0n) is 13.3. The van der Waals surface area contributed by atoms with Crippen molar-refractivity contribution in [3.63, 3.8) is 0 Å². The largest absolute Gasteiger partial charge is 0.495 e. The highest BCUT2D eigenvalue weighted by Crippen LogP contribution is 2.27. The van der Waals surface area contributed by atoms with Gasteiger partial charge in [-0.15, -0.1) is 11.8 Å². The SMILES string of the molecule is COc1ccc(Cl)cc1NC(=O)CSCC(=O)Nc1ccccc1F. The number of amides is 2. The summed E-state index contributed by atoms with van der Waals surface area (Å²) in [5.41, 5.74) is 0.567. The predicted molar refractivity (Wildman–Crippen MR) is 99.0 cm³/mol. The number of rotatable bonds is 7. The van der Waals surface area contributed by atoms with Crippen LogP contribution in [0.3, 0.4) is 0 Å². The molecule has 0 bridgehead atoms. The predicted octanol–water partition coefficient (Wildman–Crippen LogP) is 3.80. The second-order valence-electron chi connectivity index (χ2n) is 4.91. The third kappa shape index (κ3) is 5.95. The maximum atomic E-state index is 13.4. The van der Waals surface area contributed by atoms with Crippen LogP contribution in [0.1, 0.15) is 0 Å². The summed E-state index contributed by atoms with van der Waals surface area (Å²) in [6.07, 6.45) is 0. The molecule has 0 aliphatic carbocycles. The van der Waals surface area contributed by atoms with E-state index in [1.807, 2.05) is 0 Å². The van der Waals surface area contributed by atoms with Gasteiger partial charge in [0, 0.05) is 5.02 Å². The maximum Gasteiger partial charge on any atom is 0.234 e. The second-order valence-corrected chi connectivity index (χ2v) is 6.34. The fourth-order valence-corrected chi connectivity index (χ4v) is 2.74. The molecule has 0 spiro atoms. The lowest BCUT2D eigenvalue weighted by Crippen LogP contribution is -2.19. The quantitative estimate of drug-likeness (QED) is 0.764. The number of anilines is 2. The summed E-state index contributed by atoms with van der Waals surface area (Å²) in [6.45, 7) is 0. The molecule has 132 valence electrons. The molecule has 0 atom stereocenters. The van der Waals surface area contributed by atoms with Crippen LogP contribution < -0.4 is 15.4 Å². The minimum atomic E-state index is -0.508. The summed E-state index contributed by atoms with van der Waals surface area (Å²) in [5, 5.41) is 5.60. The highest BCUT2D eigenvalue weighted by Gasteiger charge is 2.11. The Kier molecular flexibility index (Phi) is 7.09. The first-order valence-corrected chi connectivity index (χ1v) is 8.78. The van der Waals surface area contributed by atoms with Crippen LogP contribution in [-0.2, 0) is 9.59 Å². The summed E-state index contributed by atoms with van der Waals surface area (Å²) in [7, 11) is 1.49. The molecule has 0 aliphatic heterocycles. The summed E-state index contributed by atoms with van der Waals surface area (Å²) in [4.78, 5) is 23.7. The van der Waals surface area contributed by atoms with E-state index in [-0.39, 0.29) is 29.0 Å². The first-order chi connectivity index (χ1) is 12.0. The maximum absolute atomic E-state index is 13.4. The summed E-state index contributed by atoms with van der Waals surface area (Å²) in [6, 6.07) is 10.8. The van der Waals surface area contributed by atoms with Crippen molar-refractivity contribution >= 4 is 46.6 Å². The monoisotopic (exact) mass is 382 g/mol. The molecule has 0 fully saturated rings. The first-order valence-electron chi connectivity index (χ1n) is 7.25. The lowest BCUT2D eigenvalue weighted by molar-refractivity contribution is -0.114. The van der Waals surface area contributed by atoms with Crippen LogP contribution in [0.2, 0.25) is 5.02 Å². The van der Waals surface area contributed by atoms with Gasteiger partial charge in [-0.1, -0.05) is 23.7 Å². The third-order valence-corrected chi connectivity index (χ3v) is 4.22. The van der Waals surface area contributed by atoms with Crippen LogP contribution in [-0.4, -0.2) is 30.4 Å². The Balaban J connectivity index is 1.80. The van der Waals surface area contributed by atoms with Gasteiger partial charge in [-0.3, -0.25) is 9.59 Å². The van der Waals surface area contributed by atoms with Crippen LogP contribution in [0.15, 0.2) is 42.5 Å². The van der Waals surface area contributed by atoms with Gasteiger partial charge in [-0.05, 0) is 30.3 Å². The highest BCUT2D eigenvalue weighted by atomic mass is 35.5. The number of ether oxygens (including phenoxy) is 1. The van der Waals surface area contributed by atoms with Crippen molar-refractivity contribution in [3.05, 3.63) is 53.3 Å². The number of carbonyl (C=O) groups excluding carboxylic acids is 2. The number of carbonyl (C=O) groups is 2. The van der Waals surface area contributed by atoms with Crippen molar-refractivity contribution in [2.75, 3.05) is 29.2 Å². The van der Waals surface area contributed by atoms with Gasteiger partial charge in [0.05, 0.1) is 30.0 Å². The van der Waals surface area contributed by atoms with E-state index in [0.29, 0.717) is 16.5 Å². The molecule has 2 rings (SSSR count). The molecule has 0 saturated carbocycles. The fourth-order valence-electron chi connectivity index (χ4n) is 1.95. The van der Waals surface area contributed by atoms with Crippen LogP contribution in [0.25, 0.3) is 0 Å². The Morgan fingerprint density at radius 1 is 1.08 bits per heavy atom. The number of benzene rings is 2. The van der Waals surface area contributed by atoms with Crippen molar-refractivity contribution in [2.24, 2.45) is 0 Å². The minimum Gasteiger partial charge on any atom is -0.495 e. The van der Waals surface area contributed by atoms with E-state index in [1.165, 1.54) is 25.3 Å². The second kappa shape index (κ2) is 9.29. The molecule has 0 radical (unpaired) electrons. The highest BCUT2D eigenvalue weighted by molar-refractivity contribution is 8.00. The lowest BCUT2D eigenvalue weighted by Gasteiger charge is -2.10. The summed E-state index contributed by atoms with van der Waals surface area (Å²) < 4.78 is 18.6. The van der Waals surface area contributed by atoms with Crippen LogP contribution in [0, 0.1) is 5.82 Å². The van der Waals surface area contributed by atoms with Gasteiger partial charge in [0.1, 0.15) is 11.6 Å². The molecular formula is C17H16ClFN2O3S. The van der Waals surface area contributed by atoms with Crippen molar-refractivity contribution in [1.82, 2.24) is 0 Å². The molecule has 2 aromatic rings. The third-order valence-electron chi connectivity index (χ3n) is 3.05. The lowest BCUT2D eigenvalue weighted by atomic mass is 10.3. The molecule has 0 unspecified atom stereocenters.